The first-order valence-corrected chi connectivity index (χ1v) is 7.30. The number of hydrogen-bond donors (Lipinski definition) is 2. The molecule has 6 heteroatoms. The summed E-state index contributed by atoms with van der Waals surface area (Å²) in [5, 5.41) is 11.5. The minimum Gasteiger partial charge on any atom is -0.480 e. The molecule has 0 saturated carbocycles. The summed E-state index contributed by atoms with van der Waals surface area (Å²) < 4.78 is 14.2. The molecule has 0 aromatic heterocycles. The monoisotopic (exact) mass is 357 g/mol. The molecule has 1 aromatic rings. The quantitative estimate of drug-likeness (QED) is 0.768. The molecule has 1 amide bonds. The molecule has 2 atom stereocenters. The Bertz CT molecular complexity index is 560. The number of hydrogen-bond acceptors (Lipinski definition) is 2. The molecule has 0 aliphatic heterocycles. The average molecular weight is 358 g/mol. The second kappa shape index (κ2) is 7.93. The third kappa shape index (κ3) is 5.30. The van der Waals surface area contributed by atoms with E-state index in [1.807, 2.05) is 6.92 Å². The lowest BCUT2D eigenvalue weighted by molar-refractivity contribution is -0.142. The molecule has 2 unspecified atom stereocenters. The van der Waals surface area contributed by atoms with Gasteiger partial charge in [-0.15, -0.1) is 0 Å². The summed E-state index contributed by atoms with van der Waals surface area (Å²) in [6, 6.07) is 3.40. The van der Waals surface area contributed by atoms with Crippen LogP contribution in [0.2, 0.25) is 0 Å². The predicted molar refractivity (Wildman–Crippen MR) is 82.2 cm³/mol. The van der Waals surface area contributed by atoms with Crippen LogP contribution in [0.25, 0.3) is 6.08 Å². The molecule has 0 heterocycles. The predicted octanol–water partition coefficient (Wildman–Crippen LogP) is 3.22. The van der Waals surface area contributed by atoms with Gasteiger partial charge in [0.15, 0.2) is 0 Å². The van der Waals surface area contributed by atoms with Crippen LogP contribution in [0, 0.1) is 11.7 Å². The summed E-state index contributed by atoms with van der Waals surface area (Å²) in [5.41, 5.74) is 0.245. The first-order chi connectivity index (χ1) is 9.85. The number of halogens is 2. The highest BCUT2D eigenvalue weighted by Crippen LogP contribution is 2.16. The van der Waals surface area contributed by atoms with Crippen molar-refractivity contribution in [2.75, 3.05) is 0 Å². The van der Waals surface area contributed by atoms with Gasteiger partial charge in [-0.05, 0) is 30.2 Å². The summed E-state index contributed by atoms with van der Waals surface area (Å²) >= 11 is 3.21. The van der Waals surface area contributed by atoms with Gasteiger partial charge in [0, 0.05) is 16.1 Å². The van der Waals surface area contributed by atoms with E-state index in [0.717, 1.165) is 6.08 Å². The van der Waals surface area contributed by atoms with Crippen LogP contribution in [0.15, 0.2) is 28.7 Å². The van der Waals surface area contributed by atoms with Gasteiger partial charge in [-0.1, -0.05) is 36.2 Å². The number of carboxylic acid groups (broad SMARTS) is 1. The molecule has 2 N–H and O–H groups in total. The number of nitrogens with one attached hydrogen (secondary N) is 1. The minimum absolute atomic E-state index is 0.192. The maximum atomic E-state index is 13.5. The highest BCUT2D eigenvalue weighted by Gasteiger charge is 2.24. The van der Waals surface area contributed by atoms with Gasteiger partial charge in [0.1, 0.15) is 11.9 Å². The van der Waals surface area contributed by atoms with E-state index in [4.69, 9.17) is 5.11 Å². The molecule has 21 heavy (non-hydrogen) atoms. The lowest BCUT2D eigenvalue weighted by Gasteiger charge is -2.19. The third-order valence-corrected chi connectivity index (χ3v) is 3.64. The van der Waals surface area contributed by atoms with Crippen molar-refractivity contribution in [3.63, 3.8) is 0 Å². The largest absolute Gasteiger partial charge is 0.480 e. The van der Waals surface area contributed by atoms with Crippen molar-refractivity contribution >= 4 is 33.9 Å². The van der Waals surface area contributed by atoms with Crippen LogP contribution in [0.1, 0.15) is 25.8 Å². The highest BCUT2D eigenvalue weighted by molar-refractivity contribution is 9.10. The highest BCUT2D eigenvalue weighted by atomic mass is 79.9. The van der Waals surface area contributed by atoms with E-state index in [1.165, 1.54) is 18.2 Å². The second-order valence-corrected chi connectivity index (χ2v) is 5.62. The van der Waals surface area contributed by atoms with E-state index >= 15 is 0 Å². The van der Waals surface area contributed by atoms with Gasteiger partial charge in [0.2, 0.25) is 5.91 Å². The van der Waals surface area contributed by atoms with Crippen LogP contribution in [0.3, 0.4) is 0 Å². The number of rotatable bonds is 6. The molecule has 114 valence electrons. The zero-order valence-corrected chi connectivity index (χ0v) is 13.4. The maximum Gasteiger partial charge on any atom is 0.326 e. The van der Waals surface area contributed by atoms with Crippen LogP contribution in [0.4, 0.5) is 4.39 Å². The SMILES string of the molecule is CCC(C)C(NC(=O)/C=C/c1cc(Br)ccc1F)C(=O)O. The van der Waals surface area contributed by atoms with Crippen molar-refractivity contribution in [3.8, 4) is 0 Å². The van der Waals surface area contributed by atoms with E-state index < -0.39 is 23.7 Å². The van der Waals surface area contributed by atoms with Gasteiger partial charge >= 0.3 is 5.97 Å². The Labute approximate surface area is 131 Å². The number of aliphatic carboxylic acids is 1. The first kappa shape index (κ1) is 17.4. The zero-order valence-electron chi connectivity index (χ0n) is 11.8. The molecule has 1 rings (SSSR count). The zero-order chi connectivity index (χ0) is 16.0. The Morgan fingerprint density at radius 1 is 1.48 bits per heavy atom. The van der Waals surface area contributed by atoms with Crippen molar-refractivity contribution in [3.05, 3.63) is 40.1 Å². The van der Waals surface area contributed by atoms with Crippen LogP contribution >= 0.6 is 15.9 Å². The smallest absolute Gasteiger partial charge is 0.326 e. The van der Waals surface area contributed by atoms with Gasteiger partial charge < -0.3 is 10.4 Å². The summed E-state index contributed by atoms with van der Waals surface area (Å²) in [6.07, 6.45) is 3.06. The molecule has 4 nitrogen and oxygen atoms in total. The third-order valence-electron chi connectivity index (χ3n) is 3.15. The molecular weight excluding hydrogens is 341 g/mol. The van der Waals surface area contributed by atoms with Crippen molar-refractivity contribution < 1.29 is 19.1 Å². The van der Waals surface area contributed by atoms with Gasteiger partial charge in [-0.25, -0.2) is 9.18 Å². The summed E-state index contributed by atoms with van der Waals surface area (Å²) in [6.45, 7) is 3.59. The second-order valence-electron chi connectivity index (χ2n) is 4.71. The number of carbonyl (C=O) groups is 2. The topological polar surface area (TPSA) is 66.4 Å². The fourth-order valence-corrected chi connectivity index (χ4v) is 2.07. The minimum atomic E-state index is -1.08. The number of carbonyl (C=O) groups excluding carboxylic acids is 1. The standard InChI is InChI=1S/C15H17BrFNO3/c1-3-9(2)14(15(20)21)18-13(19)7-4-10-8-11(16)5-6-12(10)17/h4-9,14H,3H2,1-2H3,(H,18,19)(H,20,21)/b7-4+. The summed E-state index contributed by atoms with van der Waals surface area (Å²) in [5.74, 6) is -2.30. The Hall–Kier alpha value is -1.69. The Kier molecular flexibility index (Phi) is 6.55. The van der Waals surface area contributed by atoms with E-state index in [1.54, 1.807) is 13.0 Å². The van der Waals surface area contributed by atoms with E-state index in [9.17, 15) is 14.0 Å². The number of carboxylic acids is 1. The van der Waals surface area contributed by atoms with E-state index in [0.29, 0.717) is 10.9 Å². The maximum absolute atomic E-state index is 13.5. The Morgan fingerprint density at radius 2 is 2.14 bits per heavy atom. The molecule has 1 aromatic carbocycles. The van der Waals surface area contributed by atoms with Crippen LogP contribution in [-0.2, 0) is 9.59 Å². The lowest BCUT2D eigenvalue weighted by Crippen LogP contribution is -2.44. The molecule has 0 bridgehead atoms. The van der Waals surface area contributed by atoms with Crippen LogP contribution in [-0.4, -0.2) is 23.0 Å². The average Bonchev–Trinajstić information content (AvgIpc) is 2.44. The summed E-state index contributed by atoms with van der Waals surface area (Å²) in [4.78, 5) is 22.9. The molecule has 0 radical (unpaired) electrons. The summed E-state index contributed by atoms with van der Waals surface area (Å²) in [7, 11) is 0. The molecule has 0 fully saturated rings. The molecule has 0 saturated heterocycles. The van der Waals surface area contributed by atoms with Gasteiger partial charge in [-0.3, -0.25) is 4.79 Å². The lowest BCUT2D eigenvalue weighted by atomic mass is 9.99. The first-order valence-electron chi connectivity index (χ1n) is 6.51. The molecule has 0 spiro atoms. The molecular formula is C15H17BrFNO3. The van der Waals surface area contributed by atoms with Crippen LogP contribution in [0.5, 0.6) is 0 Å². The number of amides is 1. The van der Waals surface area contributed by atoms with Gasteiger partial charge in [0.25, 0.3) is 0 Å². The van der Waals surface area contributed by atoms with Crippen LogP contribution < -0.4 is 5.32 Å². The van der Waals surface area contributed by atoms with E-state index in [2.05, 4.69) is 21.2 Å². The molecule has 0 aliphatic carbocycles. The van der Waals surface area contributed by atoms with Crippen molar-refractivity contribution in [2.24, 2.45) is 5.92 Å². The Morgan fingerprint density at radius 3 is 2.71 bits per heavy atom. The number of benzene rings is 1. The van der Waals surface area contributed by atoms with E-state index in [-0.39, 0.29) is 11.5 Å². The normalized spacial score (nSPS) is 13.9. The van der Waals surface area contributed by atoms with Crippen molar-refractivity contribution in [1.29, 1.82) is 0 Å². The van der Waals surface area contributed by atoms with Gasteiger partial charge in [-0.2, -0.15) is 0 Å². The van der Waals surface area contributed by atoms with Crippen molar-refractivity contribution in [1.82, 2.24) is 5.32 Å². The fourth-order valence-electron chi connectivity index (χ4n) is 1.69. The fraction of sp³-hybridized carbons (Fsp3) is 0.333. The van der Waals surface area contributed by atoms with Crippen molar-refractivity contribution in [2.45, 2.75) is 26.3 Å². The molecule has 0 aliphatic rings. The Balaban J connectivity index is 2.78. The van der Waals surface area contributed by atoms with Gasteiger partial charge in [0.05, 0.1) is 0 Å².